The minimum Gasteiger partial charge on any atom is -0.364 e. The third-order valence-corrected chi connectivity index (χ3v) is 3.39. The number of pyridine rings is 1. The molecular weight excluding hydrogens is 333 g/mol. The zero-order valence-corrected chi connectivity index (χ0v) is 13.5. The summed E-state index contributed by atoms with van der Waals surface area (Å²) in [6.07, 6.45) is 3.43. The van der Waals surface area contributed by atoms with Crippen molar-refractivity contribution in [2.75, 3.05) is 10.6 Å². The third kappa shape index (κ3) is 4.55. The number of nitrogens with zero attached hydrogens (tertiary/aromatic N) is 3. The van der Waals surface area contributed by atoms with Crippen LogP contribution in [0.5, 0.6) is 0 Å². The number of hydrogen-bond donors (Lipinski definition) is 2. The second-order valence-electron chi connectivity index (χ2n) is 4.72. The van der Waals surface area contributed by atoms with E-state index in [1.54, 1.807) is 36.7 Å². The number of anilines is 3. The van der Waals surface area contributed by atoms with Crippen LogP contribution in [0.15, 0.2) is 54.9 Å². The molecule has 0 atom stereocenters. The minimum atomic E-state index is 0.453. The molecule has 3 aromatic rings. The maximum atomic E-state index is 5.98. The van der Waals surface area contributed by atoms with Gasteiger partial charge >= 0.3 is 0 Å². The lowest BCUT2D eigenvalue weighted by atomic mass is 10.3. The van der Waals surface area contributed by atoms with Crippen LogP contribution in [-0.4, -0.2) is 15.0 Å². The molecule has 0 aliphatic rings. The summed E-state index contributed by atoms with van der Waals surface area (Å²) in [5.41, 5.74) is 1.66. The summed E-state index contributed by atoms with van der Waals surface area (Å²) in [5.74, 6) is 1.15. The van der Waals surface area contributed by atoms with E-state index in [2.05, 4.69) is 25.6 Å². The molecule has 0 aliphatic carbocycles. The van der Waals surface area contributed by atoms with E-state index in [1.807, 2.05) is 18.2 Å². The zero-order chi connectivity index (χ0) is 16.1. The largest absolute Gasteiger partial charge is 0.364 e. The molecule has 0 saturated heterocycles. The molecule has 5 nitrogen and oxygen atoms in total. The van der Waals surface area contributed by atoms with Gasteiger partial charge in [0.2, 0.25) is 5.95 Å². The average Bonchev–Trinajstić information content (AvgIpc) is 2.53. The SMILES string of the molecule is Clc1cc(Cl)cc(Nc2nccc(NCc3ccccn3)n2)c1. The Labute approximate surface area is 143 Å². The van der Waals surface area contributed by atoms with Crippen LogP contribution in [0.3, 0.4) is 0 Å². The number of rotatable bonds is 5. The highest BCUT2D eigenvalue weighted by molar-refractivity contribution is 6.35. The Balaban J connectivity index is 1.69. The smallest absolute Gasteiger partial charge is 0.229 e. The van der Waals surface area contributed by atoms with Crippen LogP contribution in [0.4, 0.5) is 17.5 Å². The fourth-order valence-electron chi connectivity index (χ4n) is 1.96. The molecule has 0 bridgehead atoms. The van der Waals surface area contributed by atoms with Crippen molar-refractivity contribution >= 4 is 40.7 Å². The molecule has 7 heteroatoms. The van der Waals surface area contributed by atoms with Crippen molar-refractivity contribution in [1.82, 2.24) is 15.0 Å². The van der Waals surface area contributed by atoms with Crippen LogP contribution in [-0.2, 0) is 6.54 Å². The highest BCUT2D eigenvalue weighted by Crippen LogP contribution is 2.24. The highest BCUT2D eigenvalue weighted by Gasteiger charge is 2.03. The van der Waals surface area contributed by atoms with Gasteiger partial charge in [0.15, 0.2) is 0 Å². The molecule has 2 N–H and O–H groups in total. The third-order valence-electron chi connectivity index (χ3n) is 2.95. The minimum absolute atomic E-state index is 0.453. The Bertz CT molecular complexity index is 775. The van der Waals surface area contributed by atoms with E-state index in [1.165, 1.54) is 0 Å². The van der Waals surface area contributed by atoms with Gasteiger partial charge in [-0.3, -0.25) is 4.98 Å². The Hall–Kier alpha value is -2.37. The molecule has 23 heavy (non-hydrogen) atoms. The Morgan fingerprint density at radius 1 is 0.913 bits per heavy atom. The molecule has 0 saturated carbocycles. The maximum absolute atomic E-state index is 5.98. The fourth-order valence-corrected chi connectivity index (χ4v) is 2.48. The number of aromatic nitrogens is 3. The summed E-state index contributed by atoms with van der Waals surface area (Å²) in [4.78, 5) is 12.8. The second-order valence-corrected chi connectivity index (χ2v) is 5.60. The summed E-state index contributed by atoms with van der Waals surface area (Å²) in [6, 6.07) is 12.7. The fraction of sp³-hybridized carbons (Fsp3) is 0.0625. The van der Waals surface area contributed by atoms with E-state index in [0.717, 1.165) is 11.4 Å². The Morgan fingerprint density at radius 3 is 2.48 bits per heavy atom. The first-order valence-corrected chi connectivity index (χ1v) is 7.64. The second kappa shape index (κ2) is 7.26. The quantitative estimate of drug-likeness (QED) is 0.710. The lowest BCUT2D eigenvalue weighted by Crippen LogP contribution is -2.05. The van der Waals surface area contributed by atoms with E-state index >= 15 is 0 Å². The monoisotopic (exact) mass is 345 g/mol. The summed E-state index contributed by atoms with van der Waals surface area (Å²) in [5, 5.41) is 7.37. The van der Waals surface area contributed by atoms with Gasteiger partial charge in [0.25, 0.3) is 0 Å². The van der Waals surface area contributed by atoms with Gasteiger partial charge in [-0.2, -0.15) is 4.98 Å². The first kappa shape index (κ1) is 15.5. The summed E-state index contributed by atoms with van der Waals surface area (Å²) in [6.45, 7) is 0.584. The average molecular weight is 346 g/mol. The molecule has 3 rings (SSSR count). The number of hydrogen-bond acceptors (Lipinski definition) is 5. The summed E-state index contributed by atoms with van der Waals surface area (Å²) in [7, 11) is 0. The normalized spacial score (nSPS) is 10.3. The Morgan fingerprint density at radius 2 is 1.74 bits per heavy atom. The molecule has 1 aromatic carbocycles. The molecule has 0 radical (unpaired) electrons. The van der Waals surface area contributed by atoms with Crippen molar-refractivity contribution < 1.29 is 0 Å². The van der Waals surface area contributed by atoms with Gasteiger partial charge in [0, 0.05) is 28.1 Å². The molecule has 116 valence electrons. The van der Waals surface area contributed by atoms with Gasteiger partial charge in [0.1, 0.15) is 5.82 Å². The predicted molar refractivity (Wildman–Crippen MR) is 93.3 cm³/mol. The van der Waals surface area contributed by atoms with Crippen LogP contribution in [0.1, 0.15) is 5.69 Å². The van der Waals surface area contributed by atoms with E-state index in [9.17, 15) is 0 Å². The van der Waals surface area contributed by atoms with E-state index in [4.69, 9.17) is 23.2 Å². The highest BCUT2D eigenvalue weighted by atomic mass is 35.5. The summed E-state index contributed by atoms with van der Waals surface area (Å²) >= 11 is 12.0. The Kier molecular flexibility index (Phi) is 4.90. The molecule has 0 amide bonds. The van der Waals surface area contributed by atoms with Gasteiger partial charge in [-0.1, -0.05) is 29.3 Å². The molecule has 0 fully saturated rings. The van der Waals surface area contributed by atoms with E-state index in [-0.39, 0.29) is 0 Å². The van der Waals surface area contributed by atoms with Crippen LogP contribution >= 0.6 is 23.2 Å². The molecule has 0 aliphatic heterocycles. The molecule has 0 unspecified atom stereocenters. The predicted octanol–water partition coefficient (Wildman–Crippen LogP) is 4.53. The first-order chi connectivity index (χ1) is 11.2. The number of nitrogens with one attached hydrogen (secondary N) is 2. The molecule has 0 spiro atoms. The van der Waals surface area contributed by atoms with Crippen LogP contribution in [0.25, 0.3) is 0 Å². The number of halogens is 2. The van der Waals surface area contributed by atoms with Crippen molar-refractivity contribution in [2.45, 2.75) is 6.54 Å². The van der Waals surface area contributed by atoms with Crippen molar-refractivity contribution in [3.8, 4) is 0 Å². The van der Waals surface area contributed by atoms with Crippen molar-refractivity contribution in [1.29, 1.82) is 0 Å². The number of benzene rings is 1. The van der Waals surface area contributed by atoms with E-state index in [0.29, 0.717) is 28.4 Å². The zero-order valence-electron chi connectivity index (χ0n) is 12.0. The van der Waals surface area contributed by atoms with Crippen molar-refractivity contribution in [2.24, 2.45) is 0 Å². The van der Waals surface area contributed by atoms with Crippen LogP contribution in [0, 0.1) is 0 Å². The molecule has 2 heterocycles. The molecular formula is C16H13Cl2N5. The van der Waals surface area contributed by atoms with Gasteiger partial charge in [-0.05, 0) is 36.4 Å². The topological polar surface area (TPSA) is 62.7 Å². The van der Waals surface area contributed by atoms with Gasteiger partial charge in [-0.15, -0.1) is 0 Å². The van der Waals surface area contributed by atoms with Crippen molar-refractivity contribution in [3.63, 3.8) is 0 Å². The van der Waals surface area contributed by atoms with Gasteiger partial charge in [-0.25, -0.2) is 4.98 Å². The molecule has 2 aromatic heterocycles. The lowest BCUT2D eigenvalue weighted by molar-refractivity contribution is 1.02. The van der Waals surface area contributed by atoms with Gasteiger partial charge in [0.05, 0.1) is 12.2 Å². The van der Waals surface area contributed by atoms with Gasteiger partial charge < -0.3 is 10.6 Å². The van der Waals surface area contributed by atoms with Crippen molar-refractivity contribution in [3.05, 3.63) is 70.6 Å². The van der Waals surface area contributed by atoms with Crippen LogP contribution < -0.4 is 10.6 Å². The van der Waals surface area contributed by atoms with Crippen LogP contribution in [0.2, 0.25) is 10.0 Å². The summed E-state index contributed by atoms with van der Waals surface area (Å²) < 4.78 is 0. The standard InChI is InChI=1S/C16H13Cl2N5/c17-11-7-12(18)9-14(8-11)22-16-20-6-4-15(23-16)21-10-13-3-1-2-5-19-13/h1-9H,10H2,(H2,20,21,22,23). The van der Waals surface area contributed by atoms with E-state index < -0.39 is 0 Å². The first-order valence-electron chi connectivity index (χ1n) is 6.89. The lowest BCUT2D eigenvalue weighted by Gasteiger charge is -2.09. The maximum Gasteiger partial charge on any atom is 0.229 e.